The number of imidazole rings is 1. The molecule has 3 aromatic carbocycles. The number of hydrogen-bond donors (Lipinski definition) is 0. The molecule has 0 spiro atoms. The van der Waals surface area contributed by atoms with Crippen molar-refractivity contribution in [2.75, 3.05) is 0 Å². The van der Waals surface area contributed by atoms with E-state index >= 15 is 0 Å². The lowest BCUT2D eigenvalue weighted by atomic mass is 9.95. The Bertz CT molecular complexity index is 1540. The van der Waals surface area contributed by atoms with Crippen molar-refractivity contribution in [1.82, 2.24) is 9.38 Å². The van der Waals surface area contributed by atoms with Gasteiger partial charge >= 0.3 is 0 Å². The van der Waals surface area contributed by atoms with Crippen molar-refractivity contribution in [3.05, 3.63) is 113 Å². The lowest BCUT2D eigenvalue weighted by Gasteiger charge is -2.11. The molecule has 0 aliphatic carbocycles. The van der Waals surface area contributed by atoms with E-state index in [1.807, 2.05) is 37.3 Å². The Morgan fingerprint density at radius 2 is 1.68 bits per heavy atom. The fraction of sp³-hybridized carbons (Fsp3) is 0.143. The molecule has 5 rings (SSSR count). The number of benzene rings is 3. The largest absolute Gasteiger partial charge is 0.485 e. The Morgan fingerprint density at radius 1 is 0.912 bits per heavy atom. The molecule has 0 N–H and O–H groups in total. The van der Waals surface area contributed by atoms with E-state index in [9.17, 15) is 13.6 Å². The molecule has 0 unspecified atom stereocenters. The molecule has 2 heterocycles. The molecule has 0 saturated carbocycles. The smallest absolute Gasteiger partial charge is 0.185 e. The third kappa shape index (κ3) is 3.81. The van der Waals surface area contributed by atoms with Crippen LogP contribution in [0.3, 0.4) is 0 Å². The summed E-state index contributed by atoms with van der Waals surface area (Å²) in [5.41, 5.74) is 3.33. The Balaban J connectivity index is 1.49. The highest BCUT2D eigenvalue weighted by molar-refractivity contribution is 6.01. The number of rotatable bonds is 6. The van der Waals surface area contributed by atoms with E-state index in [1.54, 1.807) is 29.7 Å². The molecular weight excluding hydrogens is 434 g/mol. The van der Waals surface area contributed by atoms with Crippen molar-refractivity contribution in [2.24, 2.45) is 0 Å². The van der Waals surface area contributed by atoms with E-state index in [-0.39, 0.29) is 24.4 Å². The molecule has 5 aromatic rings. The first-order valence-corrected chi connectivity index (χ1v) is 11.0. The van der Waals surface area contributed by atoms with E-state index in [4.69, 9.17) is 4.74 Å². The lowest BCUT2D eigenvalue weighted by molar-refractivity contribution is 0.0987. The highest BCUT2D eigenvalue weighted by Gasteiger charge is 2.21. The first kappa shape index (κ1) is 21.8. The standard InChI is InChI=1S/C28H22F2N2O2/c1-17-12-13-19-7-3-4-8-20(19)21(17)15-25(33)27-18(2)31-28-26(11-6-14-32(27)28)34-16-22-23(29)9-5-10-24(22)30/h3-14H,15-16H2,1-2H3. The second kappa shape index (κ2) is 8.71. The lowest BCUT2D eigenvalue weighted by Crippen LogP contribution is -2.10. The summed E-state index contributed by atoms with van der Waals surface area (Å²) in [5, 5.41) is 2.14. The van der Waals surface area contributed by atoms with E-state index in [0.29, 0.717) is 22.8 Å². The average Bonchev–Trinajstić information content (AvgIpc) is 3.17. The Hall–Kier alpha value is -4.06. The van der Waals surface area contributed by atoms with Gasteiger partial charge in [0.25, 0.3) is 0 Å². The summed E-state index contributed by atoms with van der Waals surface area (Å²) < 4.78 is 35.4. The molecule has 0 bridgehead atoms. The predicted octanol–water partition coefficient (Wildman–Crippen LogP) is 6.39. The second-order valence-corrected chi connectivity index (χ2v) is 8.28. The summed E-state index contributed by atoms with van der Waals surface area (Å²) >= 11 is 0. The summed E-state index contributed by atoms with van der Waals surface area (Å²) in [4.78, 5) is 18.0. The van der Waals surface area contributed by atoms with Gasteiger partial charge in [0.1, 0.15) is 23.9 Å². The highest BCUT2D eigenvalue weighted by atomic mass is 19.1. The van der Waals surface area contributed by atoms with Gasteiger partial charge in [0.2, 0.25) is 0 Å². The fourth-order valence-electron chi connectivity index (χ4n) is 4.35. The van der Waals surface area contributed by atoms with Gasteiger partial charge in [-0.3, -0.25) is 9.20 Å². The molecule has 0 radical (unpaired) electrons. The average molecular weight is 456 g/mol. The maximum absolute atomic E-state index is 14.0. The minimum Gasteiger partial charge on any atom is -0.485 e. The summed E-state index contributed by atoms with van der Waals surface area (Å²) in [5.74, 6) is -1.07. The number of aromatic nitrogens is 2. The normalized spacial score (nSPS) is 11.3. The summed E-state index contributed by atoms with van der Waals surface area (Å²) in [7, 11) is 0. The van der Waals surface area contributed by atoms with Crippen molar-refractivity contribution >= 4 is 22.2 Å². The molecular formula is C28H22F2N2O2. The number of ketones is 1. The van der Waals surface area contributed by atoms with Crippen LogP contribution in [0.25, 0.3) is 16.4 Å². The monoisotopic (exact) mass is 456 g/mol. The number of nitrogens with zero attached hydrogens (tertiary/aromatic N) is 2. The van der Waals surface area contributed by atoms with Crippen LogP contribution in [0.4, 0.5) is 8.78 Å². The number of hydrogen-bond acceptors (Lipinski definition) is 3. The molecule has 0 atom stereocenters. The van der Waals surface area contributed by atoms with Crippen molar-refractivity contribution in [3.8, 4) is 5.75 Å². The van der Waals surface area contributed by atoms with Gasteiger partial charge in [0.15, 0.2) is 17.2 Å². The number of fused-ring (bicyclic) bond motifs is 2. The number of halogens is 2. The van der Waals surface area contributed by atoms with Crippen molar-refractivity contribution < 1.29 is 18.3 Å². The Labute approximate surface area is 195 Å². The van der Waals surface area contributed by atoms with Gasteiger partial charge in [-0.15, -0.1) is 0 Å². The maximum Gasteiger partial charge on any atom is 0.185 e. The van der Waals surface area contributed by atoms with Crippen molar-refractivity contribution in [3.63, 3.8) is 0 Å². The van der Waals surface area contributed by atoms with Crippen LogP contribution in [0.15, 0.2) is 72.9 Å². The number of aryl methyl sites for hydroxylation is 2. The van der Waals surface area contributed by atoms with E-state index < -0.39 is 11.6 Å². The van der Waals surface area contributed by atoms with Crippen LogP contribution < -0.4 is 4.74 Å². The van der Waals surface area contributed by atoms with Crippen LogP contribution in [0.5, 0.6) is 5.75 Å². The van der Waals surface area contributed by atoms with Gasteiger partial charge < -0.3 is 4.74 Å². The van der Waals surface area contributed by atoms with Gasteiger partial charge in [-0.25, -0.2) is 13.8 Å². The van der Waals surface area contributed by atoms with Crippen LogP contribution in [0.1, 0.15) is 32.9 Å². The third-order valence-corrected chi connectivity index (χ3v) is 6.10. The molecule has 0 aliphatic heterocycles. The Morgan fingerprint density at radius 3 is 2.47 bits per heavy atom. The number of pyridine rings is 1. The molecule has 0 saturated heterocycles. The number of ether oxygens (including phenoxy) is 1. The third-order valence-electron chi connectivity index (χ3n) is 6.10. The predicted molar refractivity (Wildman–Crippen MR) is 127 cm³/mol. The number of carbonyl (C=O) groups excluding carboxylic acids is 1. The van der Waals surface area contributed by atoms with Gasteiger partial charge in [-0.2, -0.15) is 0 Å². The zero-order valence-electron chi connectivity index (χ0n) is 18.8. The second-order valence-electron chi connectivity index (χ2n) is 8.28. The SMILES string of the molecule is Cc1ccc2ccccc2c1CC(=O)c1c(C)nc2c(OCc3c(F)cccc3F)cccn12. The van der Waals surface area contributed by atoms with Crippen molar-refractivity contribution in [2.45, 2.75) is 26.9 Å². The molecule has 4 nitrogen and oxygen atoms in total. The summed E-state index contributed by atoms with van der Waals surface area (Å²) in [6, 6.07) is 19.2. The van der Waals surface area contributed by atoms with Gasteiger partial charge in [0.05, 0.1) is 11.3 Å². The minimum atomic E-state index is -0.673. The molecule has 2 aromatic heterocycles. The zero-order valence-corrected chi connectivity index (χ0v) is 18.8. The van der Waals surface area contributed by atoms with Crippen LogP contribution in [-0.4, -0.2) is 15.2 Å². The van der Waals surface area contributed by atoms with E-state index in [1.165, 1.54) is 18.2 Å². The molecule has 34 heavy (non-hydrogen) atoms. The van der Waals surface area contributed by atoms with Gasteiger partial charge in [0, 0.05) is 12.6 Å². The van der Waals surface area contributed by atoms with Crippen LogP contribution >= 0.6 is 0 Å². The molecule has 0 fully saturated rings. The van der Waals surface area contributed by atoms with Crippen molar-refractivity contribution in [1.29, 1.82) is 0 Å². The maximum atomic E-state index is 14.0. The molecule has 0 aliphatic rings. The molecule has 170 valence electrons. The Kier molecular flexibility index (Phi) is 5.57. The number of carbonyl (C=O) groups is 1. The van der Waals surface area contributed by atoms with Crippen LogP contribution in [-0.2, 0) is 13.0 Å². The van der Waals surface area contributed by atoms with Gasteiger partial charge in [-0.1, -0.05) is 42.5 Å². The fourth-order valence-corrected chi connectivity index (χ4v) is 4.35. The van der Waals surface area contributed by atoms with Gasteiger partial charge in [-0.05, 0) is 60.0 Å². The first-order valence-electron chi connectivity index (χ1n) is 11.0. The highest BCUT2D eigenvalue weighted by Crippen LogP contribution is 2.27. The topological polar surface area (TPSA) is 43.6 Å². The molecule has 0 amide bonds. The summed E-state index contributed by atoms with van der Waals surface area (Å²) in [6.45, 7) is 3.49. The molecule has 6 heteroatoms. The minimum absolute atomic E-state index is 0.0678. The van der Waals surface area contributed by atoms with Crippen LogP contribution in [0, 0.1) is 25.5 Å². The quantitative estimate of drug-likeness (QED) is 0.278. The number of Topliss-reactive ketones (excluding diaryl/α,β-unsaturated/α-hetero) is 1. The van der Waals surface area contributed by atoms with E-state index in [0.717, 1.165) is 21.9 Å². The summed E-state index contributed by atoms with van der Waals surface area (Å²) in [6.07, 6.45) is 1.97. The van der Waals surface area contributed by atoms with E-state index in [2.05, 4.69) is 11.1 Å². The first-order chi connectivity index (χ1) is 16.4. The zero-order chi connectivity index (χ0) is 23.8. The van der Waals surface area contributed by atoms with Crippen LogP contribution in [0.2, 0.25) is 0 Å².